The summed E-state index contributed by atoms with van der Waals surface area (Å²) >= 11 is 0. The van der Waals surface area contributed by atoms with E-state index in [0.717, 1.165) is 25.8 Å². The van der Waals surface area contributed by atoms with Crippen molar-refractivity contribution in [2.45, 2.75) is 51.5 Å². The van der Waals surface area contributed by atoms with E-state index in [-0.39, 0.29) is 11.8 Å². The topological polar surface area (TPSA) is 58.2 Å². The Morgan fingerprint density at radius 3 is 2.39 bits per heavy atom. The van der Waals surface area contributed by atoms with Crippen LogP contribution < -0.4 is 10.6 Å². The number of amides is 2. The summed E-state index contributed by atoms with van der Waals surface area (Å²) < 4.78 is 0. The summed E-state index contributed by atoms with van der Waals surface area (Å²) in [6, 6.07) is 0.337. The van der Waals surface area contributed by atoms with Crippen molar-refractivity contribution in [2.75, 3.05) is 6.54 Å². The van der Waals surface area contributed by atoms with Crippen molar-refractivity contribution in [3.05, 3.63) is 12.2 Å². The van der Waals surface area contributed by atoms with E-state index in [1.54, 1.807) is 0 Å². The molecule has 0 aliphatic heterocycles. The summed E-state index contributed by atoms with van der Waals surface area (Å²) in [5, 5.41) is 5.70. The Morgan fingerprint density at radius 2 is 1.89 bits per heavy atom. The molecule has 0 unspecified atom stereocenters. The molecule has 0 aromatic carbocycles. The number of carbonyl (C=O) groups excluding carboxylic acids is 2. The average Bonchev–Trinajstić information content (AvgIpc) is 3.09. The second-order valence-corrected chi connectivity index (χ2v) is 5.54. The minimum atomic E-state index is -0.166. The van der Waals surface area contributed by atoms with Crippen molar-refractivity contribution in [2.24, 2.45) is 5.41 Å². The molecule has 2 rings (SSSR count). The van der Waals surface area contributed by atoms with E-state index in [0.29, 0.717) is 11.5 Å². The zero-order chi connectivity index (χ0) is 13.0. The third kappa shape index (κ3) is 3.59. The first kappa shape index (κ1) is 13.1. The van der Waals surface area contributed by atoms with Crippen molar-refractivity contribution >= 4 is 11.8 Å². The molecule has 2 fully saturated rings. The molecule has 0 atom stereocenters. The maximum atomic E-state index is 11.6. The fourth-order valence-electron chi connectivity index (χ4n) is 2.29. The van der Waals surface area contributed by atoms with Gasteiger partial charge in [0.15, 0.2) is 0 Å². The van der Waals surface area contributed by atoms with Crippen molar-refractivity contribution in [1.29, 1.82) is 0 Å². The number of rotatable bonds is 6. The molecule has 0 aromatic heterocycles. The molecule has 18 heavy (non-hydrogen) atoms. The Bertz CT molecular complexity index is 349. The third-order valence-corrected chi connectivity index (χ3v) is 4.11. The van der Waals surface area contributed by atoms with Gasteiger partial charge >= 0.3 is 0 Å². The maximum Gasteiger partial charge on any atom is 0.244 e. The molecule has 4 heteroatoms. The average molecular weight is 250 g/mol. The molecule has 2 saturated carbocycles. The first-order valence-corrected chi connectivity index (χ1v) is 6.90. The zero-order valence-corrected chi connectivity index (χ0v) is 11.0. The highest BCUT2D eigenvalue weighted by atomic mass is 16.2. The zero-order valence-electron chi connectivity index (χ0n) is 11.0. The van der Waals surface area contributed by atoms with Gasteiger partial charge in [0.25, 0.3) is 0 Å². The van der Waals surface area contributed by atoms with Crippen LogP contribution in [0, 0.1) is 5.41 Å². The summed E-state index contributed by atoms with van der Waals surface area (Å²) in [6.45, 7) is 2.90. The molecule has 0 radical (unpaired) electrons. The standard InChI is InChI=1S/C14H22N2O2/c1-2-14(8-3-9-14)10-15-12(17)6-7-13(18)16-11-4-5-11/h6-7,11H,2-5,8-10H2,1H3,(H,15,17)(H,16,18). The van der Waals surface area contributed by atoms with Gasteiger partial charge < -0.3 is 10.6 Å². The lowest BCUT2D eigenvalue weighted by Crippen LogP contribution is -2.41. The van der Waals surface area contributed by atoms with Gasteiger partial charge in [-0.3, -0.25) is 9.59 Å². The van der Waals surface area contributed by atoms with Gasteiger partial charge in [-0.15, -0.1) is 0 Å². The smallest absolute Gasteiger partial charge is 0.244 e. The molecule has 0 spiro atoms. The van der Waals surface area contributed by atoms with E-state index in [9.17, 15) is 9.59 Å². The Labute approximate surface area is 108 Å². The highest BCUT2D eigenvalue weighted by Gasteiger charge is 2.34. The van der Waals surface area contributed by atoms with Gasteiger partial charge in [0.2, 0.25) is 11.8 Å². The lowest BCUT2D eigenvalue weighted by Gasteiger charge is -2.41. The van der Waals surface area contributed by atoms with Gasteiger partial charge in [0.1, 0.15) is 0 Å². The minimum Gasteiger partial charge on any atom is -0.352 e. The lowest BCUT2D eigenvalue weighted by atomic mass is 9.67. The largest absolute Gasteiger partial charge is 0.352 e. The molecule has 100 valence electrons. The van der Waals surface area contributed by atoms with E-state index < -0.39 is 0 Å². The first-order valence-electron chi connectivity index (χ1n) is 6.90. The van der Waals surface area contributed by atoms with Crippen LogP contribution in [0.3, 0.4) is 0 Å². The predicted octanol–water partition coefficient (Wildman–Crippen LogP) is 1.52. The number of hydrogen-bond acceptors (Lipinski definition) is 2. The number of carbonyl (C=O) groups is 2. The van der Waals surface area contributed by atoms with Crippen LogP contribution in [0.15, 0.2) is 12.2 Å². The van der Waals surface area contributed by atoms with Crippen LogP contribution in [0.4, 0.5) is 0 Å². The molecule has 0 saturated heterocycles. The van der Waals surface area contributed by atoms with Gasteiger partial charge in [0.05, 0.1) is 0 Å². The molecule has 4 nitrogen and oxygen atoms in total. The molecule has 2 aliphatic rings. The summed E-state index contributed by atoms with van der Waals surface area (Å²) in [6.07, 6.45) is 9.57. The number of nitrogens with one attached hydrogen (secondary N) is 2. The molecule has 2 N–H and O–H groups in total. The lowest BCUT2D eigenvalue weighted by molar-refractivity contribution is -0.119. The van der Waals surface area contributed by atoms with Crippen LogP contribution in [0.2, 0.25) is 0 Å². The van der Waals surface area contributed by atoms with Gasteiger partial charge in [-0.1, -0.05) is 13.3 Å². The Kier molecular flexibility index (Phi) is 4.04. The van der Waals surface area contributed by atoms with Crippen molar-refractivity contribution in [3.8, 4) is 0 Å². The SMILES string of the molecule is CCC1(CNC(=O)C=CC(=O)NC2CC2)CCC1. The normalized spacial score (nSPS) is 21.4. The van der Waals surface area contributed by atoms with E-state index >= 15 is 0 Å². The van der Waals surface area contributed by atoms with Crippen molar-refractivity contribution < 1.29 is 9.59 Å². The second kappa shape index (κ2) is 5.55. The van der Waals surface area contributed by atoms with Crippen LogP contribution in [0.25, 0.3) is 0 Å². The van der Waals surface area contributed by atoms with Gasteiger partial charge in [-0.05, 0) is 37.5 Å². The fourth-order valence-corrected chi connectivity index (χ4v) is 2.29. The first-order chi connectivity index (χ1) is 8.63. The summed E-state index contributed by atoms with van der Waals surface area (Å²) in [5.41, 5.74) is 0.319. The van der Waals surface area contributed by atoms with Crippen LogP contribution in [0.1, 0.15) is 45.4 Å². The third-order valence-electron chi connectivity index (χ3n) is 4.11. The second-order valence-electron chi connectivity index (χ2n) is 5.54. The predicted molar refractivity (Wildman–Crippen MR) is 69.9 cm³/mol. The molecule has 0 heterocycles. The van der Waals surface area contributed by atoms with Crippen LogP contribution in [-0.4, -0.2) is 24.4 Å². The molecule has 2 amide bonds. The highest BCUT2D eigenvalue weighted by Crippen LogP contribution is 2.42. The Balaban J connectivity index is 1.67. The van der Waals surface area contributed by atoms with E-state index in [1.807, 2.05) is 0 Å². The maximum absolute atomic E-state index is 11.6. The quantitative estimate of drug-likeness (QED) is 0.702. The van der Waals surface area contributed by atoms with Gasteiger partial charge in [-0.25, -0.2) is 0 Å². The Hall–Kier alpha value is -1.32. The molecule has 0 bridgehead atoms. The van der Waals surface area contributed by atoms with Crippen molar-refractivity contribution in [1.82, 2.24) is 10.6 Å². The molecule has 2 aliphatic carbocycles. The monoisotopic (exact) mass is 250 g/mol. The van der Waals surface area contributed by atoms with Gasteiger partial charge in [0, 0.05) is 24.7 Å². The highest BCUT2D eigenvalue weighted by molar-refractivity contribution is 5.96. The minimum absolute atomic E-state index is 0.165. The van der Waals surface area contributed by atoms with Gasteiger partial charge in [-0.2, -0.15) is 0 Å². The summed E-state index contributed by atoms with van der Waals surface area (Å²) in [4.78, 5) is 22.9. The van der Waals surface area contributed by atoms with E-state index in [2.05, 4.69) is 17.6 Å². The van der Waals surface area contributed by atoms with Crippen LogP contribution in [-0.2, 0) is 9.59 Å². The summed E-state index contributed by atoms with van der Waals surface area (Å²) in [7, 11) is 0. The molecule has 0 aromatic rings. The molecular weight excluding hydrogens is 228 g/mol. The molecular formula is C14H22N2O2. The summed E-state index contributed by atoms with van der Waals surface area (Å²) in [5.74, 6) is -0.331. The Morgan fingerprint density at radius 1 is 1.22 bits per heavy atom. The van der Waals surface area contributed by atoms with Crippen LogP contribution >= 0.6 is 0 Å². The van der Waals surface area contributed by atoms with E-state index in [4.69, 9.17) is 0 Å². The number of hydrogen-bond donors (Lipinski definition) is 2. The van der Waals surface area contributed by atoms with Crippen LogP contribution in [0.5, 0.6) is 0 Å². The fraction of sp³-hybridized carbons (Fsp3) is 0.714. The van der Waals surface area contributed by atoms with E-state index in [1.165, 1.54) is 31.4 Å². The van der Waals surface area contributed by atoms with Crippen molar-refractivity contribution in [3.63, 3.8) is 0 Å².